The molecule has 0 spiro atoms. The molecule has 3 aromatic rings. The van der Waals surface area contributed by atoms with Crippen molar-refractivity contribution in [2.45, 2.75) is 32.8 Å². The first-order valence-corrected chi connectivity index (χ1v) is 12.4. The summed E-state index contributed by atoms with van der Waals surface area (Å²) in [4.78, 5) is 10.0. The van der Waals surface area contributed by atoms with Crippen molar-refractivity contribution in [1.29, 1.82) is 10.7 Å². The molecular formula is C29H31ClN3O2P. The number of rotatable bonds is 9. The van der Waals surface area contributed by atoms with Gasteiger partial charge in [-0.2, -0.15) is 5.26 Å². The Bertz CT molecular complexity index is 1230. The number of nitriles is 1. The Morgan fingerprint density at radius 2 is 1.64 bits per heavy atom. The second-order valence-electron chi connectivity index (χ2n) is 8.08. The molecule has 186 valence electrons. The number of halogens is 1. The SMILES string of the molecule is CC(OC=O)c1ccccc1Cl.CN/C(C(C)=N)=C(/P)c1ccc(Cc2ccc(CC#N)cc2)cc1. The van der Waals surface area contributed by atoms with Crippen molar-refractivity contribution in [3.8, 4) is 6.07 Å². The third-order valence-corrected chi connectivity index (χ3v) is 6.44. The number of ether oxygens (including phenoxy) is 1. The Balaban J connectivity index is 0.000000319. The van der Waals surface area contributed by atoms with Crippen molar-refractivity contribution in [2.24, 2.45) is 0 Å². The fourth-order valence-corrected chi connectivity index (χ4v) is 4.38. The van der Waals surface area contributed by atoms with E-state index in [1.54, 1.807) is 19.9 Å². The number of allylic oxidation sites excluding steroid dienone is 1. The van der Waals surface area contributed by atoms with Gasteiger partial charge in [0.15, 0.2) is 0 Å². The molecule has 0 saturated carbocycles. The summed E-state index contributed by atoms with van der Waals surface area (Å²) in [5.74, 6) is 0. The van der Waals surface area contributed by atoms with Crippen molar-refractivity contribution in [3.63, 3.8) is 0 Å². The van der Waals surface area contributed by atoms with Crippen molar-refractivity contribution in [1.82, 2.24) is 5.32 Å². The molecule has 36 heavy (non-hydrogen) atoms. The van der Waals surface area contributed by atoms with Gasteiger partial charge in [0, 0.05) is 22.9 Å². The second kappa shape index (κ2) is 14.8. The summed E-state index contributed by atoms with van der Waals surface area (Å²) >= 11 is 5.86. The third-order valence-electron chi connectivity index (χ3n) is 5.48. The zero-order chi connectivity index (χ0) is 26.5. The van der Waals surface area contributed by atoms with Gasteiger partial charge in [-0.25, -0.2) is 0 Å². The number of benzene rings is 3. The molecule has 7 heteroatoms. The van der Waals surface area contributed by atoms with Crippen molar-refractivity contribution in [3.05, 3.63) is 111 Å². The molecule has 0 heterocycles. The molecule has 0 aliphatic rings. The summed E-state index contributed by atoms with van der Waals surface area (Å²) in [6.45, 7) is 3.98. The lowest BCUT2D eigenvalue weighted by molar-refractivity contribution is -0.133. The highest BCUT2D eigenvalue weighted by Crippen LogP contribution is 2.26. The highest BCUT2D eigenvalue weighted by molar-refractivity contribution is 7.31. The van der Waals surface area contributed by atoms with Crippen LogP contribution in [0.25, 0.3) is 5.31 Å². The number of nitrogens with zero attached hydrogens (tertiary/aromatic N) is 1. The lowest BCUT2D eigenvalue weighted by Gasteiger charge is -2.11. The molecular weight excluding hydrogens is 489 g/mol. The van der Waals surface area contributed by atoms with Crippen LogP contribution in [0.4, 0.5) is 0 Å². The molecule has 0 aromatic heterocycles. The summed E-state index contributed by atoms with van der Waals surface area (Å²) < 4.78 is 4.74. The minimum absolute atomic E-state index is 0.281. The van der Waals surface area contributed by atoms with E-state index >= 15 is 0 Å². The maximum absolute atomic E-state index is 10.0. The highest BCUT2D eigenvalue weighted by atomic mass is 35.5. The maximum atomic E-state index is 10.0. The predicted octanol–water partition coefficient (Wildman–Crippen LogP) is 6.72. The van der Waals surface area contributed by atoms with Gasteiger partial charge in [0.05, 0.1) is 23.9 Å². The first-order valence-electron chi connectivity index (χ1n) is 11.4. The lowest BCUT2D eigenvalue weighted by atomic mass is 10.0. The van der Waals surface area contributed by atoms with Crippen molar-refractivity contribution >= 4 is 38.3 Å². The number of hydrogen-bond donors (Lipinski definition) is 2. The van der Waals surface area contributed by atoms with Crippen molar-refractivity contribution in [2.75, 3.05) is 7.05 Å². The van der Waals surface area contributed by atoms with Crippen LogP contribution in [0.2, 0.25) is 5.02 Å². The average Bonchev–Trinajstić information content (AvgIpc) is 2.87. The van der Waals surface area contributed by atoms with Gasteiger partial charge in [-0.15, -0.1) is 9.24 Å². The van der Waals surface area contributed by atoms with Crippen LogP contribution >= 0.6 is 20.8 Å². The largest absolute Gasteiger partial charge is 0.460 e. The molecule has 5 nitrogen and oxygen atoms in total. The van der Waals surface area contributed by atoms with E-state index in [2.05, 4.69) is 57.0 Å². The Morgan fingerprint density at radius 3 is 2.14 bits per heavy atom. The van der Waals surface area contributed by atoms with E-state index in [-0.39, 0.29) is 6.10 Å². The fraction of sp³-hybridized carbons (Fsp3) is 0.207. The molecule has 2 N–H and O–H groups in total. The van der Waals surface area contributed by atoms with Gasteiger partial charge in [-0.3, -0.25) is 4.79 Å². The van der Waals surface area contributed by atoms with Crippen LogP contribution in [-0.4, -0.2) is 19.2 Å². The molecule has 3 rings (SSSR count). The van der Waals surface area contributed by atoms with Crippen LogP contribution in [0.3, 0.4) is 0 Å². The zero-order valence-electron chi connectivity index (χ0n) is 20.7. The normalized spacial score (nSPS) is 11.7. The van der Waals surface area contributed by atoms with Gasteiger partial charge in [0.2, 0.25) is 0 Å². The van der Waals surface area contributed by atoms with E-state index in [1.165, 1.54) is 11.1 Å². The smallest absolute Gasteiger partial charge is 0.293 e. The van der Waals surface area contributed by atoms with E-state index in [1.807, 2.05) is 37.4 Å². The van der Waals surface area contributed by atoms with Crippen LogP contribution in [0.1, 0.15) is 47.8 Å². The minimum atomic E-state index is -0.281. The summed E-state index contributed by atoms with van der Waals surface area (Å²) in [6.07, 6.45) is 1.04. The summed E-state index contributed by atoms with van der Waals surface area (Å²) in [6, 6.07) is 26.1. The summed E-state index contributed by atoms with van der Waals surface area (Å²) in [5, 5.41) is 21.2. The third kappa shape index (κ3) is 8.64. The van der Waals surface area contributed by atoms with Crippen LogP contribution in [0.15, 0.2) is 78.5 Å². The van der Waals surface area contributed by atoms with Crippen LogP contribution in [-0.2, 0) is 22.4 Å². The molecule has 2 unspecified atom stereocenters. The first-order chi connectivity index (χ1) is 17.3. The maximum Gasteiger partial charge on any atom is 0.293 e. The molecule has 0 fully saturated rings. The van der Waals surface area contributed by atoms with Gasteiger partial charge < -0.3 is 15.5 Å². The highest BCUT2D eigenvalue weighted by Gasteiger charge is 2.08. The van der Waals surface area contributed by atoms with E-state index in [4.69, 9.17) is 27.0 Å². The van der Waals surface area contributed by atoms with E-state index in [0.29, 0.717) is 23.6 Å². The topological polar surface area (TPSA) is 86.0 Å². The van der Waals surface area contributed by atoms with Crippen LogP contribution in [0, 0.1) is 16.7 Å². The molecule has 0 aliphatic carbocycles. The monoisotopic (exact) mass is 519 g/mol. The van der Waals surface area contributed by atoms with Gasteiger partial charge >= 0.3 is 0 Å². The summed E-state index contributed by atoms with van der Waals surface area (Å²) in [5.41, 5.74) is 6.79. The minimum Gasteiger partial charge on any atom is -0.460 e. The van der Waals surface area contributed by atoms with Gasteiger partial charge in [-0.05, 0) is 48.6 Å². The quantitative estimate of drug-likeness (QED) is 0.187. The second-order valence-corrected chi connectivity index (χ2v) is 9.07. The standard InChI is InChI=1S/C20H22N3P.C9H9ClO2/c1-14(22)19(23-2)20(24)18-9-7-17(8-10-18)13-16-5-3-15(4-6-16)11-12-21;1-7(12-6-11)8-4-2-3-5-9(8)10/h3-10,22-23H,11,13,24H2,1-2H3;2-7H,1H3/b20-19+,22-14?;. The summed E-state index contributed by atoms with van der Waals surface area (Å²) in [7, 11) is 4.56. The fourth-order valence-electron chi connectivity index (χ4n) is 3.53. The van der Waals surface area contributed by atoms with Gasteiger partial charge in [0.1, 0.15) is 6.10 Å². The van der Waals surface area contributed by atoms with E-state index in [0.717, 1.165) is 34.1 Å². The van der Waals surface area contributed by atoms with Crippen LogP contribution < -0.4 is 5.32 Å². The molecule has 0 radical (unpaired) electrons. The van der Waals surface area contributed by atoms with Crippen molar-refractivity contribution < 1.29 is 9.53 Å². The molecule has 3 aromatic carbocycles. The van der Waals surface area contributed by atoms with E-state index < -0.39 is 0 Å². The number of hydrogen-bond acceptors (Lipinski definition) is 5. The Labute approximate surface area is 220 Å². The van der Waals surface area contributed by atoms with Crippen LogP contribution in [0.5, 0.6) is 0 Å². The lowest BCUT2D eigenvalue weighted by Crippen LogP contribution is -2.13. The molecule has 0 saturated heterocycles. The number of nitrogens with one attached hydrogen (secondary N) is 2. The Morgan fingerprint density at radius 1 is 1.08 bits per heavy atom. The molecule has 0 amide bonds. The van der Waals surface area contributed by atoms with Gasteiger partial charge in [-0.1, -0.05) is 78.3 Å². The molecule has 2 atom stereocenters. The first kappa shape index (κ1) is 28.8. The average molecular weight is 520 g/mol. The molecule has 0 bridgehead atoms. The number of carbonyl (C=O) groups excluding carboxylic acids is 1. The zero-order valence-corrected chi connectivity index (χ0v) is 22.6. The Hall–Kier alpha value is -3.45. The van der Waals surface area contributed by atoms with E-state index in [9.17, 15) is 4.79 Å². The Kier molecular flexibility index (Phi) is 11.9. The molecule has 0 aliphatic heterocycles. The predicted molar refractivity (Wildman–Crippen MR) is 151 cm³/mol. The van der Waals surface area contributed by atoms with Gasteiger partial charge in [0.25, 0.3) is 6.47 Å². The number of carbonyl (C=O) groups is 1.